The number of piperazine rings is 1. The van der Waals surface area contributed by atoms with Crippen LogP contribution in [0.25, 0.3) is 11.0 Å². The van der Waals surface area contributed by atoms with Crippen molar-refractivity contribution in [1.82, 2.24) is 5.32 Å². The molecule has 1 aromatic carbocycles. The second-order valence-corrected chi connectivity index (χ2v) is 4.71. The van der Waals surface area contributed by atoms with Gasteiger partial charge in [0.05, 0.1) is 10.4 Å². The second kappa shape index (κ2) is 4.63. The number of hydrogen-bond donors (Lipinski definition) is 1. The van der Waals surface area contributed by atoms with Crippen LogP contribution in [0.5, 0.6) is 0 Å². The third kappa shape index (κ3) is 1.98. The fraction of sp³-hybridized carbons (Fsp3) is 0.308. The summed E-state index contributed by atoms with van der Waals surface area (Å²) in [6.07, 6.45) is 0. The van der Waals surface area contributed by atoms with Gasteiger partial charge in [-0.3, -0.25) is 4.79 Å². The molecule has 0 aliphatic carbocycles. The van der Waals surface area contributed by atoms with Crippen LogP contribution >= 0.6 is 11.6 Å². The van der Waals surface area contributed by atoms with Crippen molar-refractivity contribution < 1.29 is 4.42 Å². The monoisotopic (exact) mass is 264 g/mol. The molecular weight excluding hydrogens is 252 g/mol. The van der Waals surface area contributed by atoms with E-state index in [0.29, 0.717) is 21.9 Å². The van der Waals surface area contributed by atoms with Crippen LogP contribution in [0.15, 0.2) is 33.5 Å². The van der Waals surface area contributed by atoms with Crippen LogP contribution in [0.3, 0.4) is 0 Å². The van der Waals surface area contributed by atoms with Gasteiger partial charge in [-0.05, 0) is 12.1 Å². The quantitative estimate of drug-likeness (QED) is 0.854. The number of halogens is 1. The molecule has 18 heavy (non-hydrogen) atoms. The molecular formula is C13H13ClN2O2. The molecule has 2 heterocycles. The summed E-state index contributed by atoms with van der Waals surface area (Å²) < 4.78 is 5.78. The predicted molar refractivity (Wildman–Crippen MR) is 72.6 cm³/mol. The van der Waals surface area contributed by atoms with Crippen LogP contribution in [0.2, 0.25) is 5.02 Å². The summed E-state index contributed by atoms with van der Waals surface area (Å²) in [5.74, 6) is 0.599. The van der Waals surface area contributed by atoms with Gasteiger partial charge in [-0.15, -0.1) is 0 Å². The third-order valence-electron chi connectivity index (χ3n) is 3.12. The largest absolute Gasteiger partial charge is 0.439 e. The first-order valence-electron chi connectivity index (χ1n) is 5.94. The maximum absolute atomic E-state index is 12.0. The molecule has 94 valence electrons. The van der Waals surface area contributed by atoms with Crippen LogP contribution < -0.4 is 15.6 Å². The van der Waals surface area contributed by atoms with E-state index < -0.39 is 0 Å². The maximum atomic E-state index is 12.0. The molecule has 0 atom stereocenters. The van der Waals surface area contributed by atoms with Gasteiger partial charge in [-0.25, -0.2) is 0 Å². The third-order valence-corrected chi connectivity index (χ3v) is 3.42. The van der Waals surface area contributed by atoms with Crippen molar-refractivity contribution in [1.29, 1.82) is 0 Å². The van der Waals surface area contributed by atoms with Crippen molar-refractivity contribution in [2.75, 3.05) is 31.1 Å². The van der Waals surface area contributed by atoms with Crippen LogP contribution in [0.1, 0.15) is 0 Å². The van der Waals surface area contributed by atoms with Gasteiger partial charge in [0, 0.05) is 32.2 Å². The molecule has 5 heteroatoms. The zero-order chi connectivity index (χ0) is 12.5. The van der Waals surface area contributed by atoms with Crippen molar-refractivity contribution >= 4 is 28.5 Å². The van der Waals surface area contributed by atoms with Crippen LogP contribution in [0, 0.1) is 0 Å². The molecule has 0 amide bonds. The number of nitrogens with zero attached hydrogens (tertiary/aromatic N) is 1. The van der Waals surface area contributed by atoms with Gasteiger partial charge in [0.2, 0.25) is 0 Å². The molecule has 1 aliphatic heterocycles. The minimum atomic E-state index is -0.0488. The van der Waals surface area contributed by atoms with Crippen LogP contribution in [0.4, 0.5) is 5.88 Å². The number of nitrogens with one attached hydrogen (secondary N) is 1. The predicted octanol–water partition coefficient (Wildman–Crippen LogP) is 1.86. The normalized spacial score (nSPS) is 16.2. The Morgan fingerprint density at radius 1 is 1.28 bits per heavy atom. The molecule has 1 saturated heterocycles. The Morgan fingerprint density at radius 2 is 2.06 bits per heavy atom. The van der Waals surface area contributed by atoms with E-state index in [1.165, 1.54) is 0 Å². The van der Waals surface area contributed by atoms with Gasteiger partial charge in [0.25, 0.3) is 0 Å². The molecule has 0 spiro atoms. The zero-order valence-corrected chi connectivity index (χ0v) is 10.5. The first-order valence-corrected chi connectivity index (χ1v) is 6.31. The Morgan fingerprint density at radius 3 is 2.83 bits per heavy atom. The molecule has 1 aromatic heterocycles. The SMILES string of the molecule is O=c1cc(N2CCNCC2)oc2c(Cl)cccc12. The van der Waals surface area contributed by atoms with Crippen molar-refractivity contribution in [2.45, 2.75) is 0 Å². The molecule has 1 N–H and O–H groups in total. The van der Waals surface area contributed by atoms with Gasteiger partial charge >= 0.3 is 0 Å². The molecule has 1 fully saturated rings. The standard InChI is InChI=1S/C13H13ClN2O2/c14-10-3-1-2-9-11(17)8-12(18-13(9)10)16-6-4-15-5-7-16/h1-3,8,15H,4-7H2. The van der Waals surface area contributed by atoms with Gasteiger partial charge < -0.3 is 14.6 Å². The van der Waals surface area contributed by atoms with Gasteiger partial charge in [0.15, 0.2) is 16.9 Å². The van der Waals surface area contributed by atoms with Crippen LogP contribution in [-0.2, 0) is 0 Å². The molecule has 2 aromatic rings. The minimum Gasteiger partial charge on any atom is -0.439 e. The van der Waals surface area contributed by atoms with E-state index in [1.54, 1.807) is 24.3 Å². The number of benzene rings is 1. The lowest BCUT2D eigenvalue weighted by Gasteiger charge is -2.27. The highest BCUT2D eigenvalue weighted by atomic mass is 35.5. The Bertz CT molecular complexity index is 632. The summed E-state index contributed by atoms with van der Waals surface area (Å²) in [5, 5.41) is 4.26. The summed E-state index contributed by atoms with van der Waals surface area (Å²) in [6.45, 7) is 3.45. The van der Waals surface area contributed by atoms with E-state index in [0.717, 1.165) is 26.2 Å². The number of hydrogen-bond acceptors (Lipinski definition) is 4. The van der Waals surface area contributed by atoms with Gasteiger partial charge in [-0.1, -0.05) is 17.7 Å². The summed E-state index contributed by atoms with van der Waals surface area (Å²) in [5.41, 5.74) is 0.424. The number of fused-ring (bicyclic) bond motifs is 1. The van der Waals surface area contributed by atoms with Crippen LogP contribution in [-0.4, -0.2) is 26.2 Å². The first kappa shape index (κ1) is 11.6. The molecule has 0 radical (unpaired) electrons. The molecule has 0 unspecified atom stereocenters. The van der Waals surface area contributed by atoms with E-state index in [1.807, 2.05) is 0 Å². The molecule has 0 saturated carbocycles. The number of anilines is 1. The van der Waals surface area contributed by atoms with Crippen molar-refractivity contribution in [3.8, 4) is 0 Å². The Hall–Kier alpha value is -1.52. The minimum absolute atomic E-state index is 0.0488. The topological polar surface area (TPSA) is 45.5 Å². The zero-order valence-electron chi connectivity index (χ0n) is 9.78. The number of para-hydroxylation sites is 1. The molecule has 3 rings (SSSR count). The van der Waals surface area contributed by atoms with E-state index in [2.05, 4.69) is 10.2 Å². The highest BCUT2D eigenvalue weighted by Gasteiger charge is 2.15. The fourth-order valence-corrected chi connectivity index (χ4v) is 2.38. The summed E-state index contributed by atoms with van der Waals surface area (Å²) in [7, 11) is 0. The van der Waals surface area contributed by atoms with Crippen molar-refractivity contribution in [2.24, 2.45) is 0 Å². The maximum Gasteiger partial charge on any atom is 0.200 e. The average molecular weight is 265 g/mol. The first-order chi connectivity index (χ1) is 8.75. The Balaban J connectivity index is 2.14. The summed E-state index contributed by atoms with van der Waals surface area (Å²) in [4.78, 5) is 14.1. The lowest BCUT2D eigenvalue weighted by Crippen LogP contribution is -2.43. The van der Waals surface area contributed by atoms with E-state index in [-0.39, 0.29) is 5.43 Å². The summed E-state index contributed by atoms with van der Waals surface area (Å²) in [6, 6.07) is 6.76. The lowest BCUT2D eigenvalue weighted by molar-refractivity contribution is 0.521. The van der Waals surface area contributed by atoms with Gasteiger partial charge in [0.1, 0.15) is 0 Å². The Labute approximate surface area is 109 Å². The van der Waals surface area contributed by atoms with Gasteiger partial charge in [-0.2, -0.15) is 0 Å². The highest BCUT2D eigenvalue weighted by Crippen LogP contribution is 2.25. The van der Waals surface area contributed by atoms with E-state index >= 15 is 0 Å². The lowest BCUT2D eigenvalue weighted by atomic mass is 10.2. The number of rotatable bonds is 1. The highest BCUT2D eigenvalue weighted by molar-refractivity contribution is 6.34. The fourth-order valence-electron chi connectivity index (χ4n) is 2.17. The molecule has 4 nitrogen and oxygen atoms in total. The average Bonchev–Trinajstić information content (AvgIpc) is 2.41. The Kier molecular flexibility index (Phi) is 2.97. The smallest absolute Gasteiger partial charge is 0.200 e. The van der Waals surface area contributed by atoms with E-state index in [9.17, 15) is 4.79 Å². The van der Waals surface area contributed by atoms with Crippen molar-refractivity contribution in [3.05, 3.63) is 39.5 Å². The second-order valence-electron chi connectivity index (χ2n) is 4.30. The molecule has 1 aliphatic rings. The van der Waals surface area contributed by atoms with E-state index in [4.69, 9.17) is 16.0 Å². The summed E-state index contributed by atoms with van der Waals surface area (Å²) >= 11 is 6.08. The molecule has 0 bridgehead atoms. The van der Waals surface area contributed by atoms with Crippen molar-refractivity contribution in [3.63, 3.8) is 0 Å².